The monoisotopic (exact) mass is 258 g/mol. The first-order valence-electron chi connectivity index (χ1n) is 7.87. The Hall–Kier alpha value is -1.02. The van der Waals surface area contributed by atoms with Gasteiger partial charge in [-0.25, -0.2) is 0 Å². The molecular formula is C17H26N2. The minimum Gasteiger partial charge on any atom is -0.399 e. The first-order valence-corrected chi connectivity index (χ1v) is 7.87. The first kappa shape index (κ1) is 13.0. The molecule has 0 unspecified atom stereocenters. The number of benzene rings is 1. The number of hydrogen-bond acceptors (Lipinski definition) is 2. The first-order chi connectivity index (χ1) is 9.28. The van der Waals surface area contributed by atoms with Crippen molar-refractivity contribution in [3.05, 3.63) is 29.8 Å². The molecular weight excluding hydrogens is 232 g/mol. The number of nitrogens with two attached hydrogens (primary N) is 1. The summed E-state index contributed by atoms with van der Waals surface area (Å²) < 4.78 is 0. The molecule has 2 nitrogen and oxygen atoms in total. The van der Waals surface area contributed by atoms with Crippen LogP contribution < -0.4 is 5.73 Å². The molecule has 104 valence electrons. The van der Waals surface area contributed by atoms with E-state index in [1.54, 1.807) is 0 Å². The fourth-order valence-electron chi connectivity index (χ4n) is 3.42. The van der Waals surface area contributed by atoms with Gasteiger partial charge < -0.3 is 10.6 Å². The Morgan fingerprint density at radius 1 is 0.895 bits per heavy atom. The van der Waals surface area contributed by atoms with E-state index in [0.717, 1.165) is 5.69 Å². The molecule has 0 aromatic heterocycles. The molecule has 0 spiro atoms. The van der Waals surface area contributed by atoms with Crippen molar-refractivity contribution in [3.63, 3.8) is 0 Å². The number of anilines is 1. The fourth-order valence-corrected chi connectivity index (χ4v) is 3.42. The predicted octanol–water partition coefficient (Wildman–Crippen LogP) is 3.57. The minimum absolute atomic E-state index is 0.451. The van der Waals surface area contributed by atoms with Crippen LogP contribution in [0.15, 0.2) is 24.3 Å². The molecule has 0 bridgehead atoms. The second-order valence-electron chi connectivity index (χ2n) is 6.45. The number of hydrogen-bond donors (Lipinski definition) is 1. The Balaban J connectivity index is 1.65. The summed E-state index contributed by atoms with van der Waals surface area (Å²) >= 11 is 0. The maximum atomic E-state index is 5.80. The minimum atomic E-state index is 0.451. The van der Waals surface area contributed by atoms with Crippen molar-refractivity contribution in [3.8, 4) is 0 Å². The lowest BCUT2D eigenvalue weighted by molar-refractivity contribution is 0.227. The van der Waals surface area contributed by atoms with Crippen molar-refractivity contribution < 1.29 is 0 Å². The maximum Gasteiger partial charge on any atom is 0.0314 e. The van der Waals surface area contributed by atoms with Crippen LogP contribution in [0, 0.1) is 0 Å². The van der Waals surface area contributed by atoms with E-state index in [1.165, 1.54) is 70.1 Å². The summed E-state index contributed by atoms with van der Waals surface area (Å²) in [7, 11) is 0. The SMILES string of the molecule is Nc1ccc(C2(CN3CCCCCCC3)CC2)cc1. The van der Waals surface area contributed by atoms with Crippen LogP contribution in [-0.2, 0) is 5.41 Å². The van der Waals surface area contributed by atoms with E-state index >= 15 is 0 Å². The molecule has 0 radical (unpaired) electrons. The molecule has 3 rings (SSSR count). The van der Waals surface area contributed by atoms with E-state index < -0.39 is 0 Å². The molecule has 1 saturated heterocycles. The zero-order chi connectivity index (χ0) is 13.1. The Morgan fingerprint density at radius 2 is 1.47 bits per heavy atom. The number of rotatable bonds is 3. The fraction of sp³-hybridized carbons (Fsp3) is 0.647. The molecule has 2 heteroatoms. The largest absolute Gasteiger partial charge is 0.399 e. The van der Waals surface area contributed by atoms with E-state index in [1.807, 2.05) is 0 Å². The lowest BCUT2D eigenvalue weighted by atomic mass is 9.94. The molecule has 0 atom stereocenters. The van der Waals surface area contributed by atoms with Crippen LogP contribution in [0.2, 0.25) is 0 Å². The van der Waals surface area contributed by atoms with Crippen molar-refractivity contribution in [2.75, 3.05) is 25.4 Å². The van der Waals surface area contributed by atoms with Gasteiger partial charge in [0.15, 0.2) is 0 Å². The van der Waals surface area contributed by atoms with Gasteiger partial charge in [0.2, 0.25) is 0 Å². The van der Waals surface area contributed by atoms with Crippen molar-refractivity contribution in [2.24, 2.45) is 0 Å². The van der Waals surface area contributed by atoms with E-state index in [4.69, 9.17) is 5.73 Å². The third-order valence-electron chi connectivity index (χ3n) is 4.85. The van der Waals surface area contributed by atoms with Gasteiger partial charge in [-0.3, -0.25) is 0 Å². The molecule has 1 aromatic carbocycles. The molecule has 0 amide bonds. The Kier molecular flexibility index (Phi) is 3.79. The summed E-state index contributed by atoms with van der Waals surface area (Å²) in [5.41, 5.74) is 8.64. The smallest absolute Gasteiger partial charge is 0.0314 e. The van der Waals surface area contributed by atoms with Gasteiger partial charge >= 0.3 is 0 Å². The summed E-state index contributed by atoms with van der Waals surface area (Å²) in [6, 6.07) is 8.60. The molecule has 2 fully saturated rings. The van der Waals surface area contributed by atoms with Gasteiger partial charge in [0.05, 0.1) is 0 Å². The molecule has 1 aliphatic heterocycles. The van der Waals surface area contributed by atoms with Gasteiger partial charge in [-0.05, 0) is 56.5 Å². The second kappa shape index (κ2) is 5.54. The number of nitrogen functional groups attached to an aromatic ring is 1. The molecule has 19 heavy (non-hydrogen) atoms. The maximum absolute atomic E-state index is 5.80. The van der Waals surface area contributed by atoms with Crippen LogP contribution in [0.3, 0.4) is 0 Å². The number of nitrogens with zero attached hydrogens (tertiary/aromatic N) is 1. The van der Waals surface area contributed by atoms with Gasteiger partial charge in [-0.1, -0.05) is 31.4 Å². The van der Waals surface area contributed by atoms with Crippen LogP contribution in [0.5, 0.6) is 0 Å². The average Bonchev–Trinajstić information content (AvgIpc) is 3.14. The van der Waals surface area contributed by atoms with Gasteiger partial charge in [0.25, 0.3) is 0 Å². The average molecular weight is 258 g/mol. The summed E-state index contributed by atoms with van der Waals surface area (Å²) in [5.74, 6) is 0. The van der Waals surface area contributed by atoms with Crippen molar-refractivity contribution in [1.82, 2.24) is 4.90 Å². The lowest BCUT2D eigenvalue weighted by Crippen LogP contribution is -2.35. The highest BCUT2D eigenvalue weighted by molar-refractivity contribution is 5.43. The second-order valence-corrected chi connectivity index (χ2v) is 6.45. The Labute approximate surface area is 117 Å². The topological polar surface area (TPSA) is 29.3 Å². The molecule has 2 N–H and O–H groups in total. The van der Waals surface area contributed by atoms with Crippen LogP contribution in [0.1, 0.15) is 50.5 Å². The van der Waals surface area contributed by atoms with Gasteiger partial charge in [-0.15, -0.1) is 0 Å². The van der Waals surface area contributed by atoms with Crippen molar-refractivity contribution >= 4 is 5.69 Å². The zero-order valence-electron chi connectivity index (χ0n) is 11.9. The zero-order valence-corrected chi connectivity index (χ0v) is 11.9. The van der Waals surface area contributed by atoms with Crippen molar-refractivity contribution in [2.45, 2.75) is 50.4 Å². The van der Waals surface area contributed by atoms with E-state index in [9.17, 15) is 0 Å². The normalized spacial score (nSPS) is 23.6. The van der Waals surface area contributed by atoms with Crippen LogP contribution in [-0.4, -0.2) is 24.5 Å². The van der Waals surface area contributed by atoms with Gasteiger partial charge in [-0.2, -0.15) is 0 Å². The third-order valence-corrected chi connectivity index (χ3v) is 4.85. The Morgan fingerprint density at radius 3 is 2.05 bits per heavy atom. The van der Waals surface area contributed by atoms with Crippen LogP contribution in [0.4, 0.5) is 5.69 Å². The van der Waals surface area contributed by atoms with E-state index in [-0.39, 0.29) is 0 Å². The molecule has 1 heterocycles. The van der Waals surface area contributed by atoms with Crippen LogP contribution >= 0.6 is 0 Å². The molecule has 1 saturated carbocycles. The summed E-state index contributed by atoms with van der Waals surface area (Å²) in [4.78, 5) is 2.71. The summed E-state index contributed by atoms with van der Waals surface area (Å²) in [6.07, 6.45) is 9.77. The van der Waals surface area contributed by atoms with Crippen molar-refractivity contribution in [1.29, 1.82) is 0 Å². The highest BCUT2D eigenvalue weighted by Crippen LogP contribution is 2.49. The molecule has 1 aliphatic carbocycles. The Bertz CT molecular complexity index is 398. The third kappa shape index (κ3) is 3.11. The van der Waals surface area contributed by atoms with Gasteiger partial charge in [0, 0.05) is 17.6 Å². The standard InChI is InChI=1S/C17H26N2/c18-16-8-6-15(7-9-16)17(10-11-17)14-19-12-4-2-1-3-5-13-19/h6-9H,1-5,10-14,18H2. The highest BCUT2D eigenvalue weighted by atomic mass is 15.1. The molecule has 2 aliphatic rings. The highest BCUT2D eigenvalue weighted by Gasteiger charge is 2.45. The van der Waals surface area contributed by atoms with Crippen LogP contribution in [0.25, 0.3) is 0 Å². The molecule has 1 aromatic rings. The quantitative estimate of drug-likeness (QED) is 0.840. The summed E-state index contributed by atoms with van der Waals surface area (Å²) in [5, 5.41) is 0. The lowest BCUT2D eigenvalue weighted by Gasteiger charge is -2.29. The predicted molar refractivity (Wildman–Crippen MR) is 81.3 cm³/mol. The van der Waals surface area contributed by atoms with Gasteiger partial charge in [0.1, 0.15) is 0 Å². The number of likely N-dealkylation sites (tertiary alicyclic amines) is 1. The summed E-state index contributed by atoms with van der Waals surface area (Å²) in [6.45, 7) is 3.87. The van der Waals surface area contributed by atoms with E-state index in [2.05, 4.69) is 29.2 Å². The van der Waals surface area contributed by atoms with E-state index in [0.29, 0.717) is 5.41 Å².